The summed E-state index contributed by atoms with van der Waals surface area (Å²) in [5, 5.41) is 4.97. The van der Waals surface area contributed by atoms with E-state index in [1.165, 1.54) is 0 Å². The van der Waals surface area contributed by atoms with E-state index < -0.39 is 16.8 Å². The highest BCUT2D eigenvalue weighted by Crippen LogP contribution is 2.27. The molecule has 2 rings (SSSR count). The molecule has 1 aliphatic rings. The van der Waals surface area contributed by atoms with Gasteiger partial charge in [-0.3, -0.25) is 14.9 Å². The van der Waals surface area contributed by atoms with Gasteiger partial charge in [-0.05, 0) is 49.3 Å². The number of allylic oxidation sites excluding steroid dienone is 2. The smallest absolute Gasteiger partial charge is 0.297 e. The maximum Gasteiger partial charge on any atom is 0.437 e. The molecule has 0 aliphatic heterocycles. The first-order valence-electron chi connectivity index (χ1n) is 6.63. The van der Waals surface area contributed by atoms with Crippen LogP contribution >= 0.6 is 34.8 Å². The fourth-order valence-electron chi connectivity index (χ4n) is 1.95. The van der Waals surface area contributed by atoms with Crippen molar-refractivity contribution in [2.75, 3.05) is 5.32 Å². The van der Waals surface area contributed by atoms with Gasteiger partial charge in [-0.2, -0.15) is 0 Å². The Morgan fingerprint density at radius 1 is 1.13 bits per heavy atom. The number of carbonyl (C=O) groups excluding carboxylic acids is 2. The Bertz CT molecular complexity index is 698. The minimum atomic E-state index is -0.943. The molecule has 0 fully saturated rings. The van der Waals surface area contributed by atoms with E-state index in [4.69, 9.17) is 39.6 Å². The number of Topliss-reactive ketones (excluding diaryl/α,β-unsaturated/α-hetero) is 1. The van der Waals surface area contributed by atoms with Crippen molar-refractivity contribution in [1.29, 1.82) is 0 Å². The molecule has 1 amide bonds. The predicted molar refractivity (Wildman–Crippen MR) is 91.7 cm³/mol. The van der Waals surface area contributed by atoms with Crippen molar-refractivity contribution in [3.05, 3.63) is 40.4 Å². The van der Waals surface area contributed by atoms with Crippen LogP contribution in [0.4, 0.5) is 10.5 Å². The lowest BCUT2D eigenvalue weighted by Crippen LogP contribution is -2.38. The molecule has 0 radical (unpaired) electrons. The molecule has 0 heterocycles. The fourth-order valence-corrected chi connectivity index (χ4v) is 2.67. The van der Waals surface area contributed by atoms with Gasteiger partial charge in [0.05, 0.1) is 0 Å². The van der Waals surface area contributed by atoms with E-state index in [-0.39, 0.29) is 11.5 Å². The van der Waals surface area contributed by atoms with Crippen molar-refractivity contribution >= 4 is 58.1 Å². The van der Waals surface area contributed by atoms with Gasteiger partial charge >= 0.3 is 6.09 Å². The molecule has 2 unspecified atom stereocenters. The van der Waals surface area contributed by atoms with Crippen LogP contribution in [0.25, 0.3) is 0 Å². The first-order chi connectivity index (χ1) is 10.8. The van der Waals surface area contributed by atoms with Gasteiger partial charge in [-0.25, -0.2) is 4.79 Å². The number of amides is 1. The number of nitrogens with zero attached hydrogens (tertiary/aromatic N) is 1. The average molecular weight is 376 g/mol. The summed E-state index contributed by atoms with van der Waals surface area (Å²) in [6, 6.07) is 6.48. The molecule has 1 aliphatic carbocycles. The number of hydrogen-bond acceptors (Lipinski definition) is 4. The number of nitrogens with one attached hydrogen (secondary N) is 1. The zero-order valence-corrected chi connectivity index (χ0v) is 14.5. The molecule has 1 aromatic rings. The van der Waals surface area contributed by atoms with Crippen molar-refractivity contribution in [2.45, 2.75) is 24.6 Å². The maximum atomic E-state index is 11.8. The van der Waals surface area contributed by atoms with E-state index in [9.17, 15) is 9.59 Å². The number of halogens is 3. The topological polar surface area (TPSA) is 67.8 Å². The number of hydrogen-bond donors (Lipinski definition) is 1. The molecule has 1 aromatic carbocycles. The second kappa shape index (κ2) is 7.34. The van der Waals surface area contributed by atoms with E-state index >= 15 is 0 Å². The third kappa shape index (κ3) is 4.05. The Morgan fingerprint density at radius 2 is 1.74 bits per heavy atom. The van der Waals surface area contributed by atoms with Crippen molar-refractivity contribution in [3.8, 4) is 0 Å². The van der Waals surface area contributed by atoms with E-state index in [0.29, 0.717) is 21.9 Å². The van der Waals surface area contributed by atoms with Crippen LogP contribution in [0.2, 0.25) is 5.02 Å². The molecule has 8 heteroatoms. The van der Waals surface area contributed by atoms with Crippen LogP contribution < -0.4 is 5.32 Å². The average Bonchev–Trinajstić information content (AvgIpc) is 2.53. The van der Waals surface area contributed by atoms with E-state index in [2.05, 4.69) is 10.5 Å². The second-order valence-corrected chi connectivity index (χ2v) is 6.28. The first kappa shape index (κ1) is 17.8. The van der Waals surface area contributed by atoms with E-state index in [1.54, 1.807) is 38.1 Å². The van der Waals surface area contributed by atoms with Crippen molar-refractivity contribution in [1.82, 2.24) is 0 Å². The molecule has 122 valence electrons. The number of anilines is 1. The van der Waals surface area contributed by atoms with Crippen LogP contribution in [0.15, 0.2) is 40.6 Å². The first-order valence-corrected chi connectivity index (χ1v) is 7.88. The summed E-state index contributed by atoms with van der Waals surface area (Å²) in [6.45, 7) is 3.30. The van der Waals surface area contributed by atoms with Gasteiger partial charge in [-0.15, -0.1) is 23.2 Å². The predicted octanol–water partition coefficient (Wildman–Crippen LogP) is 4.38. The molecule has 0 spiro atoms. The van der Waals surface area contributed by atoms with E-state index in [1.807, 2.05) is 0 Å². The van der Waals surface area contributed by atoms with Gasteiger partial charge in [0.15, 0.2) is 5.78 Å². The maximum absolute atomic E-state index is 11.8. The van der Waals surface area contributed by atoms with Crippen LogP contribution in [-0.2, 0) is 9.63 Å². The van der Waals surface area contributed by atoms with Crippen molar-refractivity contribution < 1.29 is 14.4 Å². The zero-order chi connectivity index (χ0) is 17.1. The number of rotatable bonds is 2. The minimum absolute atomic E-state index is 0.256. The third-order valence-corrected chi connectivity index (χ3v) is 4.69. The quantitative estimate of drug-likeness (QED) is 0.474. The van der Waals surface area contributed by atoms with E-state index in [0.717, 1.165) is 0 Å². The number of ketones is 1. The molecule has 0 saturated carbocycles. The normalized spacial score (nSPS) is 23.2. The summed E-state index contributed by atoms with van der Waals surface area (Å²) in [6.07, 6.45) is -0.794. The fraction of sp³-hybridized carbons (Fsp3) is 0.267. The summed E-state index contributed by atoms with van der Waals surface area (Å²) >= 11 is 17.8. The Balaban J connectivity index is 2.10. The standard InChI is InChI=1S/C15H13Cl3N2O3/c1-7-8(2)14(21)12(18)11(17)13(7)20-23-15(22)19-10-5-3-9(16)4-6-10/h3-6,11-12H,1-2H3,(H,19,22). The zero-order valence-electron chi connectivity index (χ0n) is 12.3. The molecule has 5 nitrogen and oxygen atoms in total. The molecular formula is C15H13Cl3N2O3. The summed E-state index contributed by atoms with van der Waals surface area (Å²) in [5.74, 6) is -0.256. The van der Waals surface area contributed by atoms with Gasteiger partial charge in [0, 0.05) is 10.7 Å². The Labute approximate surface area is 148 Å². The Hall–Kier alpha value is -1.56. The SMILES string of the molecule is CC1=C(C)C(=NOC(=O)Nc2ccc(Cl)cc2)C(Cl)C(Cl)C1=O. The summed E-state index contributed by atoms with van der Waals surface area (Å²) in [4.78, 5) is 28.4. The number of carbonyl (C=O) groups is 2. The molecule has 0 saturated heterocycles. The van der Waals surface area contributed by atoms with Crippen molar-refractivity contribution in [2.24, 2.45) is 5.16 Å². The monoisotopic (exact) mass is 374 g/mol. The lowest BCUT2D eigenvalue weighted by Gasteiger charge is -2.24. The van der Waals surface area contributed by atoms with Crippen LogP contribution in [0.1, 0.15) is 13.8 Å². The highest BCUT2D eigenvalue weighted by molar-refractivity contribution is 6.49. The molecule has 0 bridgehead atoms. The van der Waals surface area contributed by atoms with Gasteiger partial charge in [0.2, 0.25) is 0 Å². The van der Waals surface area contributed by atoms with Crippen molar-refractivity contribution in [3.63, 3.8) is 0 Å². The largest absolute Gasteiger partial charge is 0.437 e. The molecule has 1 N–H and O–H groups in total. The Morgan fingerprint density at radius 3 is 2.35 bits per heavy atom. The minimum Gasteiger partial charge on any atom is -0.297 e. The van der Waals surface area contributed by atoms with Crippen LogP contribution in [0.3, 0.4) is 0 Å². The summed E-state index contributed by atoms with van der Waals surface area (Å²) in [5.41, 5.74) is 1.75. The molecular weight excluding hydrogens is 363 g/mol. The molecule has 0 aromatic heterocycles. The van der Waals surface area contributed by atoms with Crippen LogP contribution in [0, 0.1) is 0 Å². The third-order valence-electron chi connectivity index (χ3n) is 3.40. The molecule has 23 heavy (non-hydrogen) atoms. The lowest BCUT2D eigenvalue weighted by atomic mass is 9.90. The lowest BCUT2D eigenvalue weighted by molar-refractivity contribution is -0.115. The number of benzene rings is 1. The van der Waals surface area contributed by atoms with Gasteiger partial charge < -0.3 is 0 Å². The highest BCUT2D eigenvalue weighted by atomic mass is 35.5. The Kier molecular flexibility index (Phi) is 5.68. The van der Waals surface area contributed by atoms with Crippen LogP contribution in [-0.4, -0.2) is 28.3 Å². The van der Waals surface area contributed by atoms with Gasteiger partial charge in [0.25, 0.3) is 0 Å². The van der Waals surface area contributed by atoms with Gasteiger partial charge in [0.1, 0.15) is 16.5 Å². The second-order valence-electron chi connectivity index (χ2n) is 4.90. The number of alkyl halides is 2. The molecule has 2 atom stereocenters. The summed E-state index contributed by atoms with van der Waals surface area (Å²) in [7, 11) is 0. The van der Waals surface area contributed by atoms with Gasteiger partial charge in [-0.1, -0.05) is 16.8 Å². The summed E-state index contributed by atoms with van der Waals surface area (Å²) < 4.78 is 0. The number of oxime groups is 1. The van der Waals surface area contributed by atoms with Crippen LogP contribution in [0.5, 0.6) is 0 Å². The highest BCUT2D eigenvalue weighted by Gasteiger charge is 2.37.